The van der Waals surface area contributed by atoms with Gasteiger partial charge in [-0.1, -0.05) is 0 Å². The minimum Gasteiger partial charge on any atom is -0.768 e. The van der Waals surface area contributed by atoms with Crippen molar-refractivity contribution in [2.24, 2.45) is 5.73 Å². The Morgan fingerprint density at radius 3 is 2.32 bits per heavy atom. The molecule has 1 unspecified atom stereocenters. The van der Waals surface area contributed by atoms with E-state index < -0.39 is 22.9 Å². The summed E-state index contributed by atoms with van der Waals surface area (Å²) in [6.07, 6.45) is 2.26. The molecule has 2 aromatic carbocycles. The SMILES string of the molecule is CO.N[C@@H]1CCOC1.O=C(Nc1ccc(S(=O)[O-])cc1)[C@@H]1CCCN1C(=O)c1ccc(F)cc1.[HH].[HH]. The maximum absolute atomic E-state index is 13.0. The quantitative estimate of drug-likeness (QED) is 0.548. The van der Waals surface area contributed by atoms with Crippen molar-refractivity contribution in [3.63, 3.8) is 0 Å². The zero-order chi connectivity index (χ0) is 25.1. The van der Waals surface area contributed by atoms with Gasteiger partial charge >= 0.3 is 0 Å². The van der Waals surface area contributed by atoms with Gasteiger partial charge in [0.2, 0.25) is 5.91 Å². The van der Waals surface area contributed by atoms with Crippen LogP contribution in [-0.2, 0) is 20.6 Å². The first-order valence-corrected chi connectivity index (χ1v) is 11.8. The molecule has 3 atom stereocenters. The number of hydrogen-bond donors (Lipinski definition) is 3. The monoisotopic (exact) mass is 498 g/mol. The Morgan fingerprint density at radius 1 is 1.18 bits per heavy atom. The molecule has 0 saturated carbocycles. The van der Waals surface area contributed by atoms with Crippen LogP contribution >= 0.6 is 0 Å². The predicted octanol–water partition coefficient (Wildman–Crippen LogP) is 2.14. The summed E-state index contributed by atoms with van der Waals surface area (Å²) < 4.78 is 39.7. The van der Waals surface area contributed by atoms with Crippen LogP contribution in [-0.4, -0.2) is 69.5 Å². The molecule has 2 heterocycles. The molecule has 2 aromatic rings. The topological polar surface area (TPSA) is 145 Å². The zero-order valence-corrected chi connectivity index (χ0v) is 19.6. The lowest BCUT2D eigenvalue weighted by atomic mass is 10.1. The zero-order valence-electron chi connectivity index (χ0n) is 18.8. The third kappa shape index (κ3) is 7.96. The molecule has 9 nitrogen and oxygen atoms in total. The van der Waals surface area contributed by atoms with Crippen LogP contribution < -0.4 is 11.1 Å². The second kappa shape index (κ2) is 13.9. The minimum atomic E-state index is -2.33. The highest BCUT2D eigenvalue weighted by atomic mass is 32.2. The van der Waals surface area contributed by atoms with Gasteiger partial charge in [0.15, 0.2) is 0 Å². The highest BCUT2D eigenvalue weighted by Crippen LogP contribution is 2.22. The highest BCUT2D eigenvalue weighted by molar-refractivity contribution is 7.79. The summed E-state index contributed by atoms with van der Waals surface area (Å²) in [4.78, 5) is 26.7. The molecule has 2 fully saturated rings. The van der Waals surface area contributed by atoms with E-state index in [-0.39, 0.29) is 19.6 Å². The van der Waals surface area contributed by atoms with Gasteiger partial charge in [-0.05, 0) is 78.9 Å². The Hall–Kier alpha value is -2.70. The molecule has 2 saturated heterocycles. The second-order valence-electron chi connectivity index (χ2n) is 7.54. The molecule has 34 heavy (non-hydrogen) atoms. The van der Waals surface area contributed by atoms with Gasteiger partial charge in [-0.15, -0.1) is 0 Å². The molecule has 190 valence electrons. The average Bonchev–Trinajstić information content (AvgIpc) is 3.53. The Labute approximate surface area is 203 Å². The summed E-state index contributed by atoms with van der Waals surface area (Å²) in [6.45, 7) is 2.07. The number of anilines is 1. The Morgan fingerprint density at radius 2 is 1.82 bits per heavy atom. The van der Waals surface area contributed by atoms with Crippen molar-refractivity contribution in [3.05, 3.63) is 59.9 Å². The van der Waals surface area contributed by atoms with Crippen LogP contribution in [0.25, 0.3) is 0 Å². The van der Waals surface area contributed by atoms with E-state index >= 15 is 0 Å². The van der Waals surface area contributed by atoms with Crippen molar-refractivity contribution in [1.29, 1.82) is 0 Å². The smallest absolute Gasteiger partial charge is 0.254 e. The Bertz CT molecular complexity index is 963. The molecule has 4 rings (SSSR count). The fourth-order valence-electron chi connectivity index (χ4n) is 3.47. The lowest BCUT2D eigenvalue weighted by Crippen LogP contribution is -2.43. The van der Waals surface area contributed by atoms with Gasteiger partial charge in [-0.25, -0.2) is 4.39 Å². The molecule has 0 aromatic heterocycles. The molecular formula is C23H33FN3O6S-. The number of halogens is 1. The fraction of sp³-hybridized carbons (Fsp3) is 0.391. The van der Waals surface area contributed by atoms with Gasteiger partial charge in [0.1, 0.15) is 11.9 Å². The van der Waals surface area contributed by atoms with E-state index in [9.17, 15) is 22.7 Å². The second-order valence-corrected chi connectivity index (χ2v) is 8.48. The van der Waals surface area contributed by atoms with E-state index in [1.165, 1.54) is 53.4 Å². The van der Waals surface area contributed by atoms with Crippen LogP contribution in [0.5, 0.6) is 0 Å². The number of aliphatic hydroxyl groups is 1. The third-order valence-electron chi connectivity index (χ3n) is 5.19. The van der Waals surface area contributed by atoms with Crippen LogP contribution in [0, 0.1) is 5.82 Å². The number of aliphatic hydroxyl groups excluding tert-OH is 1. The molecule has 2 aliphatic heterocycles. The lowest BCUT2D eigenvalue weighted by Gasteiger charge is -2.24. The number of nitrogens with one attached hydrogen (secondary N) is 1. The number of carbonyl (C=O) groups is 2. The number of hydrogen-bond acceptors (Lipinski definition) is 7. The fourth-order valence-corrected chi connectivity index (χ4v) is 3.83. The molecule has 2 aliphatic rings. The summed E-state index contributed by atoms with van der Waals surface area (Å²) in [5.41, 5.74) is 6.19. The average molecular weight is 499 g/mol. The maximum atomic E-state index is 13.0. The van der Waals surface area contributed by atoms with Crippen LogP contribution in [0.2, 0.25) is 0 Å². The molecule has 0 aliphatic carbocycles. The van der Waals surface area contributed by atoms with Gasteiger partial charge < -0.3 is 30.3 Å². The predicted molar refractivity (Wildman–Crippen MR) is 128 cm³/mol. The molecule has 2 amide bonds. The largest absolute Gasteiger partial charge is 0.768 e. The number of ether oxygens (including phenoxy) is 1. The standard InChI is InChI=1S/C18H17FN2O4S.C4H9NO.CH4O.2H2/c19-13-5-3-12(4-6-13)18(23)21-11-1-2-16(21)17(22)20-14-7-9-15(10-8-14)26(24)25;5-4-1-2-6-3-4;1-2;;/h3-10,16H,1-2,11H2,(H,20,22)(H,24,25);4H,1-3,5H2;2H,1H3;2*1H/p-1/t16-;4-;;;/m01.../s1. The molecule has 4 N–H and O–H groups in total. The number of rotatable bonds is 4. The lowest BCUT2D eigenvalue weighted by molar-refractivity contribution is -0.119. The molecular weight excluding hydrogens is 465 g/mol. The Balaban J connectivity index is 0.00000106. The third-order valence-corrected chi connectivity index (χ3v) is 5.84. The van der Waals surface area contributed by atoms with E-state index in [2.05, 4.69) is 5.32 Å². The van der Waals surface area contributed by atoms with Crippen molar-refractivity contribution in [1.82, 2.24) is 4.90 Å². The van der Waals surface area contributed by atoms with Crippen LogP contribution in [0.15, 0.2) is 53.4 Å². The summed E-state index contributed by atoms with van der Waals surface area (Å²) >= 11 is -2.33. The van der Waals surface area contributed by atoms with E-state index in [0.717, 1.165) is 26.7 Å². The molecule has 0 bridgehead atoms. The van der Waals surface area contributed by atoms with Gasteiger partial charge in [-0.3, -0.25) is 13.8 Å². The normalized spacial score (nSPS) is 19.9. The molecule has 11 heteroatoms. The summed E-state index contributed by atoms with van der Waals surface area (Å²) in [5.74, 6) is -1.09. The van der Waals surface area contributed by atoms with Crippen LogP contribution in [0.4, 0.5) is 10.1 Å². The maximum Gasteiger partial charge on any atom is 0.254 e. The van der Waals surface area contributed by atoms with Gasteiger partial charge in [0.05, 0.1) is 6.61 Å². The number of amides is 2. The van der Waals surface area contributed by atoms with Crippen molar-refractivity contribution in [2.45, 2.75) is 36.2 Å². The van der Waals surface area contributed by atoms with E-state index in [1.54, 1.807) is 0 Å². The summed E-state index contributed by atoms with van der Waals surface area (Å²) in [6, 6.07) is 10.7. The van der Waals surface area contributed by atoms with Crippen molar-refractivity contribution in [2.75, 3.05) is 32.2 Å². The molecule has 0 radical (unpaired) electrons. The van der Waals surface area contributed by atoms with Crippen molar-refractivity contribution < 1.29 is 35.4 Å². The van der Waals surface area contributed by atoms with E-state index in [4.69, 9.17) is 15.6 Å². The number of likely N-dealkylation sites (tertiary alicyclic amines) is 1. The number of nitrogens with zero attached hydrogens (tertiary/aromatic N) is 1. The van der Waals surface area contributed by atoms with Crippen molar-refractivity contribution in [3.8, 4) is 0 Å². The van der Waals surface area contributed by atoms with Gasteiger partial charge in [-0.2, -0.15) is 0 Å². The first-order valence-electron chi connectivity index (χ1n) is 10.7. The number of nitrogens with two attached hydrogens (primary N) is 1. The minimum absolute atomic E-state index is 0. The Kier molecular flexibility index (Phi) is 11.2. The van der Waals surface area contributed by atoms with Crippen LogP contribution in [0.3, 0.4) is 0 Å². The summed E-state index contributed by atoms with van der Waals surface area (Å²) in [7, 11) is 1.00. The van der Waals surface area contributed by atoms with Crippen molar-refractivity contribution >= 4 is 28.6 Å². The van der Waals surface area contributed by atoms with Gasteiger partial charge in [0, 0.05) is 45.3 Å². The highest BCUT2D eigenvalue weighted by Gasteiger charge is 2.34. The molecule has 0 spiro atoms. The van der Waals surface area contributed by atoms with Crippen LogP contribution in [0.1, 0.15) is 32.5 Å². The first-order chi connectivity index (χ1) is 16.3. The number of carbonyl (C=O) groups excluding carboxylic acids is 2. The van der Waals surface area contributed by atoms with E-state index in [1.807, 2.05) is 0 Å². The van der Waals surface area contributed by atoms with Gasteiger partial charge in [0.25, 0.3) is 5.91 Å². The van der Waals surface area contributed by atoms with E-state index in [0.29, 0.717) is 36.7 Å². The first kappa shape index (κ1) is 27.5. The summed E-state index contributed by atoms with van der Waals surface area (Å²) in [5, 5.41) is 9.70. The number of benzene rings is 2.